The van der Waals surface area contributed by atoms with E-state index in [2.05, 4.69) is 22.4 Å². The molecule has 2 aliphatic heterocycles. The minimum atomic E-state index is 0. The number of fused-ring (bicyclic) bond motifs is 3. The highest BCUT2D eigenvalue weighted by molar-refractivity contribution is 5.85. The number of halogens is 1. The van der Waals surface area contributed by atoms with Crippen LogP contribution in [0.4, 0.5) is 0 Å². The number of nitrogens with zero attached hydrogens (tertiary/aromatic N) is 1. The molecule has 1 aromatic heterocycles. The van der Waals surface area contributed by atoms with Gasteiger partial charge in [-0.05, 0) is 19.1 Å². The van der Waals surface area contributed by atoms with Crippen LogP contribution in [0.15, 0.2) is 42.5 Å². The summed E-state index contributed by atoms with van der Waals surface area (Å²) in [6.45, 7) is 4.37. The van der Waals surface area contributed by atoms with Gasteiger partial charge in [-0.3, -0.25) is 0 Å². The number of hydrogen-bond acceptors (Lipinski definition) is 4. The van der Waals surface area contributed by atoms with E-state index in [0.717, 1.165) is 24.6 Å². The number of benzene rings is 1. The number of aryl methyl sites for hydroxylation is 1. The van der Waals surface area contributed by atoms with Crippen molar-refractivity contribution in [2.75, 3.05) is 19.8 Å². The van der Waals surface area contributed by atoms with Crippen molar-refractivity contribution >= 4 is 12.4 Å². The van der Waals surface area contributed by atoms with E-state index in [1.807, 2.05) is 37.3 Å². The van der Waals surface area contributed by atoms with Gasteiger partial charge in [-0.2, -0.15) is 0 Å². The zero-order chi connectivity index (χ0) is 14.9. The summed E-state index contributed by atoms with van der Waals surface area (Å²) in [6, 6.07) is 14.6. The maximum atomic E-state index is 5.93. The summed E-state index contributed by atoms with van der Waals surface area (Å²) < 4.78 is 11.8. The van der Waals surface area contributed by atoms with E-state index in [0.29, 0.717) is 30.4 Å². The maximum absolute atomic E-state index is 5.93. The summed E-state index contributed by atoms with van der Waals surface area (Å²) in [4.78, 5) is 4.40. The zero-order valence-electron chi connectivity index (χ0n) is 13.1. The Morgan fingerprint density at radius 1 is 1.22 bits per heavy atom. The summed E-state index contributed by atoms with van der Waals surface area (Å²) in [5.41, 5.74) is 2.25. The minimum absolute atomic E-state index is 0. The number of aromatic nitrogens is 1. The predicted octanol–water partition coefficient (Wildman–Crippen LogP) is 3.16. The lowest BCUT2D eigenvalue weighted by molar-refractivity contribution is 0.139. The zero-order valence-corrected chi connectivity index (χ0v) is 13.9. The van der Waals surface area contributed by atoms with Crippen molar-refractivity contribution < 1.29 is 9.47 Å². The molecule has 1 fully saturated rings. The van der Waals surface area contributed by atoms with Crippen LogP contribution in [-0.4, -0.2) is 24.7 Å². The highest BCUT2D eigenvalue weighted by atomic mass is 35.5. The first-order chi connectivity index (χ1) is 10.8. The molecule has 4 rings (SSSR count). The van der Waals surface area contributed by atoms with Crippen LogP contribution in [0.3, 0.4) is 0 Å². The van der Waals surface area contributed by atoms with Crippen molar-refractivity contribution in [3.8, 4) is 11.6 Å². The lowest BCUT2D eigenvalue weighted by atomic mass is 9.86. The molecule has 0 saturated carbocycles. The van der Waals surface area contributed by atoms with Crippen molar-refractivity contribution in [3.05, 3.63) is 53.7 Å². The minimum Gasteiger partial charge on any atom is -0.493 e. The number of nitrogens with one attached hydrogen (secondary N) is 1. The molecule has 0 bridgehead atoms. The van der Waals surface area contributed by atoms with E-state index in [1.54, 1.807) is 0 Å². The van der Waals surface area contributed by atoms with Gasteiger partial charge in [0.15, 0.2) is 0 Å². The van der Waals surface area contributed by atoms with Crippen LogP contribution in [0.5, 0.6) is 11.6 Å². The molecular formula is C18H21ClN2O2. The van der Waals surface area contributed by atoms with Crippen molar-refractivity contribution in [2.45, 2.75) is 13.0 Å². The van der Waals surface area contributed by atoms with Crippen molar-refractivity contribution in [1.82, 2.24) is 10.3 Å². The van der Waals surface area contributed by atoms with Gasteiger partial charge in [0.1, 0.15) is 5.75 Å². The fourth-order valence-corrected chi connectivity index (χ4v) is 3.45. The summed E-state index contributed by atoms with van der Waals surface area (Å²) >= 11 is 0. The highest BCUT2D eigenvalue weighted by Gasteiger charge is 2.41. The van der Waals surface area contributed by atoms with Crippen LogP contribution in [0.2, 0.25) is 0 Å². The third kappa shape index (κ3) is 3.14. The molecule has 0 spiro atoms. The molecule has 0 aliphatic carbocycles. The number of pyridine rings is 1. The van der Waals surface area contributed by atoms with Gasteiger partial charge in [-0.1, -0.05) is 24.3 Å². The van der Waals surface area contributed by atoms with Crippen molar-refractivity contribution in [3.63, 3.8) is 0 Å². The van der Waals surface area contributed by atoms with Crippen LogP contribution in [0.25, 0.3) is 0 Å². The second-order valence-electron chi connectivity index (χ2n) is 6.09. The lowest BCUT2D eigenvalue weighted by Crippen LogP contribution is -2.31. The SMILES string of the molecule is Cc1cccc(OC[C@@H]2CN[C@H]3c4ccccc4OC[C@@H]23)n1.Cl. The molecule has 2 aromatic rings. The number of rotatable bonds is 3. The van der Waals surface area contributed by atoms with Gasteiger partial charge >= 0.3 is 0 Å². The summed E-state index contributed by atoms with van der Waals surface area (Å²) in [5.74, 6) is 2.62. The average Bonchev–Trinajstić information content (AvgIpc) is 2.96. The fraction of sp³-hybridized carbons (Fsp3) is 0.389. The molecule has 4 nitrogen and oxygen atoms in total. The van der Waals surface area contributed by atoms with Crippen LogP contribution in [0, 0.1) is 18.8 Å². The molecule has 23 heavy (non-hydrogen) atoms. The Kier molecular flexibility index (Phi) is 4.74. The quantitative estimate of drug-likeness (QED) is 0.937. The van der Waals surface area contributed by atoms with E-state index >= 15 is 0 Å². The molecule has 1 aromatic carbocycles. The number of ether oxygens (including phenoxy) is 2. The first kappa shape index (κ1) is 16.1. The van der Waals surface area contributed by atoms with Crippen LogP contribution in [-0.2, 0) is 0 Å². The second kappa shape index (κ2) is 6.77. The molecule has 0 unspecified atom stereocenters. The Balaban J connectivity index is 0.00000156. The first-order valence-corrected chi connectivity index (χ1v) is 7.83. The van der Waals surface area contributed by atoms with Crippen LogP contribution >= 0.6 is 12.4 Å². The Morgan fingerprint density at radius 3 is 2.96 bits per heavy atom. The molecule has 5 heteroatoms. The van der Waals surface area contributed by atoms with E-state index < -0.39 is 0 Å². The Bertz CT molecular complexity index is 680. The lowest BCUT2D eigenvalue weighted by Gasteiger charge is -2.30. The smallest absolute Gasteiger partial charge is 0.213 e. The normalized spacial score (nSPS) is 24.8. The van der Waals surface area contributed by atoms with E-state index in [9.17, 15) is 0 Å². The Labute approximate surface area is 142 Å². The molecule has 0 radical (unpaired) electrons. The Hall–Kier alpha value is -1.78. The maximum Gasteiger partial charge on any atom is 0.213 e. The third-order valence-electron chi connectivity index (χ3n) is 4.63. The largest absolute Gasteiger partial charge is 0.493 e. The molecule has 2 aliphatic rings. The predicted molar refractivity (Wildman–Crippen MR) is 91.4 cm³/mol. The van der Waals surface area contributed by atoms with E-state index in [4.69, 9.17) is 9.47 Å². The number of para-hydroxylation sites is 1. The Morgan fingerprint density at radius 2 is 2.09 bits per heavy atom. The van der Waals surface area contributed by atoms with Gasteiger partial charge in [0.05, 0.1) is 13.2 Å². The van der Waals surface area contributed by atoms with Gasteiger partial charge in [-0.15, -0.1) is 12.4 Å². The average molecular weight is 333 g/mol. The van der Waals surface area contributed by atoms with E-state index in [-0.39, 0.29) is 12.4 Å². The molecule has 122 valence electrons. The van der Waals surface area contributed by atoms with Gasteiger partial charge in [0, 0.05) is 41.7 Å². The second-order valence-corrected chi connectivity index (χ2v) is 6.09. The van der Waals surface area contributed by atoms with Crippen LogP contribution in [0.1, 0.15) is 17.3 Å². The van der Waals surface area contributed by atoms with Crippen LogP contribution < -0.4 is 14.8 Å². The number of hydrogen-bond donors (Lipinski definition) is 1. The van der Waals surface area contributed by atoms with Gasteiger partial charge < -0.3 is 14.8 Å². The molecule has 0 amide bonds. The molecule has 3 heterocycles. The topological polar surface area (TPSA) is 43.4 Å². The molecule has 3 atom stereocenters. The fourth-order valence-electron chi connectivity index (χ4n) is 3.45. The highest BCUT2D eigenvalue weighted by Crippen LogP contribution is 2.41. The third-order valence-corrected chi connectivity index (χ3v) is 4.63. The molecule has 1 N–H and O–H groups in total. The summed E-state index contributed by atoms with van der Waals surface area (Å²) in [6.07, 6.45) is 0. The summed E-state index contributed by atoms with van der Waals surface area (Å²) in [5, 5.41) is 3.63. The van der Waals surface area contributed by atoms with Gasteiger partial charge in [0.2, 0.25) is 5.88 Å². The van der Waals surface area contributed by atoms with Crippen molar-refractivity contribution in [1.29, 1.82) is 0 Å². The van der Waals surface area contributed by atoms with Crippen molar-refractivity contribution in [2.24, 2.45) is 11.8 Å². The summed E-state index contributed by atoms with van der Waals surface area (Å²) in [7, 11) is 0. The van der Waals surface area contributed by atoms with Gasteiger partial charge in [-0.25, -0.2) is 4.98 Å². The molecule has 1 saturated heterocycles. The standard InChI is InChI=1S/C18H20N2O2.ClH/c1-12-5-4-8-17(20-12)22-10-13-9-19-18-14-6-2-3-7-16(14)21-11-15(13)18;/h2-8,13,15,18-19H,9-11H2,1H3;1H/t13-,15-,18-;/m0./s1. The first-order valence-electron chi connectivity index (χ1n) is 7.83. The molecular weight excluding hydrogens is 312 g/mol. The van der Waals surface area contributed by atoms with E-state index in [1.165, 1.54) is 5.56 Å². The monoisotopic (exact) mass is 332 g/mol. The van der Waals surface area contributed by atoms with Gasteiger partial charge in [0.25, 0.3) is 0 Å².